The topological polar surface area (TPSA) is 90.5 Å². The van der Waals surface area contributed by atoms with Gasteiger partial charge in [-0.3, -0.25) is 0 Å². The number of ether oxygens (including phenoxy) is 1. The van der Waals surface area contributed by atoms with Crippen molar-refractivity contribution in [2.24, 2.45) is 7.05 Å². The number of sulfonamides is 1. The van der Waals surface area contributed by atoms with Crippen LogP contribution in [0.4, 0.5) is 5.69 Å². The van der Waals surface area contributed by atoms with Crippen LogP contribution in [0.3, 0.4) is 0 Å². The van der Waals surface area contributed by atoms with Gasteiger partial charge < -0.3 is 10.5 Å². The first kappa shape index (κ1) is 15.3. The van der Waals surface area contributed by atoms with E-state index in [-0.39, 0.29) is 10.6 Å². The maximum absolute atomic E-state index is 12.1. The van der Waals surface area contributed by atoms with E-state index in [2.05, 4.69) is 5.10 Å². The van der Waals surface area contributed by atoms with Gasteiger partial charge in [0.1, 0.15) is 0 Å². The van der Waals surface area contributed by atoms with Gasteiger partial charge >= 0.3 is 0 Å². The van der Waals surface area contributed by atoms with Gasteiger partial charge in [-0.15, -0.1) is 0 Å². The van der Waals surface area contributed by atoms with Crippen LogP contribution in [-0.2, 0) is 17.1 Å². The minimum atomic E-state index is -3.54. The fourth-order valence-electron chi connectivity index (χ4n) is 1.77. The monoisotopic (exact) mass is 310 g/mol. The van der Waals surface area contributed by atoms with Gasteiger partial charge in [-0.2, -0.15) is 5.10 Å². The van der Waals surface area contributed by atoms with Crippen molar-refractivity contribution in [2.45, 2.75) is 11.8 Å². The normalized spacial score (nSPS) is 11.9. The van der Waals surface area contributed by atoms with E-state index in [1.807, 2.05) is 6.92 Å². The van der Waals surface area contributed by atoms with Crippen LogP contribution < -0.4 is 10.5 Å². The van der Waals surface area contributed by atoms with E-state index in [1.54, 1.807) is 17.8 Å². The molecule has 1 aromatic heterocycles. The van der Waals surface area contributed by atoms with Gasteiger partial charge in [0.25, 0.3) is 0 Å². The first-order chi connectivity index (χ1) is 9.71. The highest BCUT2D eigenvalue weighted by atomic mass is 32.2. The Labute approximate surface area is 124 Å². The molecule has 114 valence electrons. The largest absolute Gasteiger partial charge is 0.437 e. The number of nitrogen functional groups attached to an aromatic ring is 1. The molecule has 0 saturated carbocycles. The quantitative estimate of drug-likeness (QED) is 0.861. The zero-order valence-corrected chi connectivity index (χ0v) is 13.2. The van der Waals surface area contributed by atoms with Crippen LogP contribution in [0, 0.1) is 6.92 Å². The predicted molar refractivity (Wildman–Crippen MR) is 79.7 cm³/mol. The molecule has 1 heterocycles. The number of hydrogen-bond donors (Lipinski definition) is 1. The molecule has 1 aromatic carbocycles. The lowest BCUT2D eigenvalue weighted by molar-refractivity contribution is 0.431. The number of nitrogens with zero attached hydrogens (tertiary/aromatic N) is 3. The lowest BCUT2D eigenvalue weighted by Crippen LogP contribution is -2.22. The van der Waals surface area contributed by atoms with Crippen molar-refractivity contribution < 1.29 is 13.2 Å². The van der Waals surface area contributed by atoms with E-state index in [4.69, 9.17) is 10.5 Å². The van der Waals surface area contributed by atoms with Gasteiger partial charge in [-0.05, 0) is 19.1 Å². The molecule has 0 aliphatic rings. The van der Waals surface area contributed by atoms with Crippen LogP contribution in [0.15, 0.2) is 29.2 Å². The minimum Gasteiger partial charge on any atom is -0.437 e. The number of anilines is 1. The van der Waals surface area contributed by atoms with Crippen LogP contribution in [0.5, 0.6) is 11.6 Å². The molecule has 0 aliphatic carbocycles. The summed E-state index contributed by atoms with van der Waals surface area (Å²) in [5.74, 6) is 0.763. The highest BCUT2D eigenvalue weighted by molar-refractivity contribution is 7.89. The molecule has 0 unspecified atom stereocenters. The molecule has 8 heteroatoms. The molecule has 0 bridgehead atoms. The number of hydrogen-bond acceptors (Lipinski definition) is 5. The van der Waals surface area contributed by atoms with Crippen LogP contribution in [0.1, 0.15) is 5.69 Å². The highest BCUT2D eigenvalue weighted by Crippen LogP contribution is 2.30. The van der Waals surface area contributed by atoms with Crippen molar-refractivity contribution in [3.63, 3.8) is 0 Å². The summed E-state index contributed by atoms with van der Waals surface area (Å²) >= 11 is 0. The molecular weight excluding hydrogens is 292 g/mol. The molecule has 0 atom stereocenters. The van der Waals surface area contributed by atoms with E-state index in [1.165, 1.54) is 32.3 Å². The Morgan fingerprint density at radius 2 is 1.95 bits per heavy atom. The van der Waals surface area contributed by atoms with Crippen LogP contribution in [0.25, 0.3) is 0 Å². The molecule has 21 heavy (non-hydrogen) atoms. The highest BCUT2D eigenvalue weighted by Gasteiger charge is 2.19. The summed E-state index contributed by atoms with van der Waals surface area (Å²) in [5.41, 5.74) is 7.00. The van der Waals surface area contributed by atoms with E-state index in [9.17, 15) is 8.42 Å². The molecule has 7 nitrogen and oxygen atoms in total. The summed E-state index contributed by atoms with van der Waals surface area (Å²) in [6.45, 7) is 1.84. The summed E-state index contributed by atoms with van der Waals surface area (Å²) in [5, 5.41) is 4.16. The molecule has 0 saturated heterocycles. The standard InChI is InChI=1S/C13H18N4O3S/c1-9-7-13(17(4)15-9)20-12-8-10(5-6-11(12)14)21(18,19)16(2)3/h5-8H,14H2,1-4H3. The molecule has 0 amide bonds. The lowest BCUT2D eigenvalue weighted by Gasteiger charge is -2.14. The summed E-state index contributed by atoms with van der Waals surface area (Å²) in [6, 6.07) is 6.11. The number of rotatable bonds is 4. The van der Waals surface area contributed by atoms with Crippen molar-refractivity contribution in [1.82, 2.24) is 14.1 Å². The number of benzene rings is 1. The fraction of sp³-hybridized carbons (Fsp3) is 0.308. The van der Waals surface area contributed by atoms with Crippen molar-refractivity contribution in [3.05, 3.63) is 30.0 Å². The van der Waals surface area contributed by atoms with Gasteiger partial charge in [-0.1, -0.05) is 0 Å². The molecule has 0 aliphatic heterocycles. The Hall–Kier alpha value is -2.06. The zero-order valence-electron chi connectivity index (χ0n) is 12.4. The summed E-state index contributed by atoms with van der Waals surface area (Å²) in [4.78, 5) is 0.121. The first-order valence-electron chi connectivity index (χ1n) is 6.22. The molecular formula is C13H18N4O3S. The molecule has 0 radical (unpaired) electrons. The Morgan fingerprint density at radius 3 is 2.48 bits per heavy atom. The molecule has 0 fully saturated rings. The second-order valence-corrected chi connectivity index (χ2v) is 6.99. The SMILES string of the molecule is Cc1cc(Oc2cc(S(=O)(=O)N(C)C)ccc2N)n(C)n1. The van der Waals surface area contributed by atoms with Gasteiger partial charge in [0.15, 0.2) is 5.75 Å². The van der Waals surface area contributed by atoms with Gasteiger partial charge in [-0.25, -0.2) is 17.4 Å². The minimum absolute atomic E-state index is 0.121. The molecule has 2 aromatic rings. The number of aromatic nitrogens is 2. The lowest BCUT2D eigenvalue weighted by atomic mass is 10.3. The average molecular weight is 310 g/mol. The van der Waals surface area contributed by atoms with Crippen LogP contribution in [0.2, 0.25) is 0 Å². The second kappa shape index (κ2) is 5.38. The third-order valence-electron chi connectivity index (χ3n) is 2.94. The average Bonchev–Trinajstić information content (AvgIpc) is 2.70. The second-order valence-electron chi connectivity index (χ2n) is 4.84. The number of aryl methyl sites for hydroxylation is 2. The van der Waals surface area contributed by atoms with E-state index in [0.29, 0.717) is 11.6 Å². The molecule has 2 rings (SSSR count). The maximum atomic E-state index is 12.1. The third-order valence-corrected chi connectivity index (χ3v) is 4.75. The Kier molecular flexibility index (Phi) is 3.93. The summed E-state index contributed by atoms with van der Waals surface area (Å²) in [7, 11) is 1.13. The van der Waals surface area contributed by atoms with Gasteiger partial charge in [0, 0.05) is 33.3 Å². The smallest absolute Gasteiger partial charge is 0.242 e. The van der Waals surface area contributed by atoms with Crippen LogP contribution >= 0.6 is 0 Å². The predicted octanol–water partition coefficient (Wildman–Crippen LogP) is 1.35. The summed E-state index contributed by atoms with van der Waals surface area (Å²) < 4.78 is 32.6. The van der Waals surface area contributed by atoms with E-state index < -0.39 is 10.0 Å². The summed E-state index contributed by atoms with van der Waals surface area (Å²) in [6.07, 6.45) is 0. The van der Waals surface area contributed by atoms with E-state index >= 15 is 0 Å². The van der Waals surface area contributed by atoms with Crippen molar-refractivity contribution >= 4 is 15.7 Å². The maximum Gasteiger partial charge on any atom is 0.242 e. The van der Waals surface area contributed by atoms with E-state index in [0.717, 1.165) is 10.00 Å². The van der Waals surface area contributed by atoms with Gasteiger partial charge in [0.05, 0.1) is 16.3 Å². The van der Waals surface area contributed by atoms with Crippen LogP contribution in [-0.4, -0.2) is 36.6 Å². The van der Waals surface area contributed by atoms with Crippen molar-refractivity contribution in [2.75, 3.05) is 19.8 Å². The fourth-order valence-corrected chi connectivity index (χ4v) is 2.69. The first-order valence-corrected chi connectivity index (χ1v) is 7.66. The molecule has 0 spiro atoms. The molecule has 2 N–H and O–H groups in total. The Morgan fingerprint density at radius 1 is 1.29 bits per heavy atom. The van der Waals surface area contributed by atoms with Crippen molar-refractivity contribution in [3.8, 4) is 11.6 Å². The Bertz CT molecular complexity index is 766. The Balaban J connectivity index is 2.43. The number of nitrogens with two attached hydrogens (primary N) is 1. The third kappa shape index (κ3) is 3.01. The zero-order chi connectivity index (χ0) is 15.8. The van der Waals surface area contributed by atoms with Gasteiger partial charge in [0.2, 0.25) is 15.9 Å². The van der Waals surface area contributed by atoms with Crippen molar-refractivity contribution in [1.29, 1.82) is 0 Å².